The lowest BCUT2D eigenvalue weighted by molar-refractivity contribution is 0.282. The van der Waals surface area contributed by atoms with E-state index >= 15 is 0 Å². The number of fused-ring (bicyclic) bond motifs is 2. The summed E-state index contributed by atoms with van der Waals surface area (Å²) >= 11 is 0. The quantitative estimate of drug-likeness (QED) is 0.327. The molecule has 0 aliphatic carbocycles. The summed E-state index contributed by atoms with van der Waals surface area (Å²) in [5.74, 6) is -0.133. The van der Waals surface area contributed by atoms with Gasteiger partial charge < -0.3 is 9.05 Å². The highest BCUT2D eigenvalue weighted by atomic mass is 31.2. The Bertz CT molecular complexity index is 1360. The van der Waals surface area contributed by atoms with Crippen LogP contribution in [0.1, 0.15) is 0 Å². The number of hydrogen-bond donors (Lipinski definition) is 4. The van der Waals surface area contributed by atoms with E-state index in [2.05, 4.69) is 0 Å². The highest BCUT2D eigenvalue weighted by Crippen LogP contribution is 2.48. The van der Waals surface area contributed by atoms with E-state index in [9.17, 15) is 28.7 Å². The van der Waals surface area contributed by atoms with Crippen LogP contribution in [0.25, 0.3) is 32.7 Å². The molecular formula is C20H16O8P2. The van der Waals surface area contributed by atoms with Crippen molar-refractivity contribution in [2.45, 2.75) is 0 Å². The van der Waals surface area contributed by atoms with Crippen LogP contribution in [0.4, 0.5) is 0 Å². The van der Waals surface area contributed by atoms with Crippen LogP contribution in [0.15, 0.2) is 72.8 Å². The minimum absolute atomic E-state index is 0.0634. The average molecular weight is 446 g/mol. The Labute approximate surface area is 170 Å². The van der Waals surface area contributed by atoms with Gasteiger partial charge in [0, 0.05) is 10.9 Å². The fraction of sp³-hybridized carbons (Fsp3) is 0. The second kappa shape index (κ2) is 7.52. The minimum atomic E-state index is -4.86. The Kier molecular flexibility index (Phi) is 5.16. The summed E-state index contributed by atoms with van der Waals surface area (Å²) in [7, 11) is -9.71. The zero-order valence-corrected chi connectivity index (χ0v) is 17.0. The monoisotopic (exact) mass is 446 g/mol. The van der Waals surface area contributed by atoms with E-state index in [0.717, 1.165) is 5.39 Å². The molecule has 0 amide bonds. The highest BCUT2D eigenvalue weighted by molar-refractivity contribution is 7.47. The Balaban J connectivity index is 2.05. The van der Waals surface area contributed by atoms with Crippen LogP contribution >= 0.6 is 15.6 Å². The van der Waals surface area contributed by atoms with Crippen molar-refractivity contribution < 1.29 is 37.8 Å². The molecule has 0 aliphatic rings. The summed E-state index contributed by atoms with van der Waals surface area (Å²) < 4.78 is 32.9. The molecule has 4 rings (SSSR count). The maximum absolute atomic E-state index is 11.5. The largest absolute Gasteiger partial charge is 0.524 e. The first-order chi connectivity index (χ1) is 14.1. The lowest BCUT2D eigenvalue weighted by Crippen LogP contribution is -1.96. The maximum atomic E-state index is 11.5. The summed E-state index contributed by atoms with van der Waals surface area (Å²) in [6.45, 7) is 0. The van der Waals surface area contributed by atoms with Crippen LogP contribution in [-0.4, -0.2) is 19.6 Å². The van der Waals surface area contributed by atoms with Gasteiger partial charge in [-0.15, -0.1) is 0 Å². The second-order valence-electron chi connectivity index (χ2n) is 6.52. The van der Waals surface area contributed by atoms with E-state index in [4.69, 9.17) is 9.05 Å². The average Bonchev–Trinajstić information content (AvgIpc) is 2.65. The van der Waals surface area contributed by atoms with Gasteiger partial charge in [0.2, 0.25) is 0 Å². The highest BCUT2D eigenvalue weighted by Gasteiger charge is 2.23. The standard InChI is InChI=1S/C20H16O8P2/c21-29(22,23)27-18-10-9-13-5-1-4-8-17(13)20(18)15-11-14-6-2-3-7-16(14)19(12-15)28-30(24,25)26/h1-12H,(H2,21,22,23)(H2,24,25,26). The number of phosphoric ester groups is 2. The fourth-order valence-electron chi connectivity index (χ4n) is 3.38. The van der Waals surface area contributed by atoms with Crippen LogP contribution in [0.3, 0.4) is 0 Å². The van der Waals surface area contributed by atoms with Gasteiger partial charge in [-0.3, -0.25) is 19.6 Å². The normalized spacial score (nSPS) is 12.3. The molecule has 8 nitrogen and oxygen atoms in total. The van der Waals surface area contributed by atoms with Gasteiger partial charge in [-0.1, -0.05) is 54.6 Å². The number of benzene rings is 4. The van der Waals surface area contributed by atoms with Gasteiger partial charge in [-0.2, -0.15) is 0 Å². The van der Waals surface area contributed by atoms with E-state index in [0.29, 0.717) is 27.3 Å². The van der Waals surface area contributed by atoms with Gasteiger partial charge in [0.05, 0.1) is 0 Å². The molecule has 0 aliphatic heterocycles. The molecule has 4 aromatic rings. The Hall–Kier alpha value is -2.70. The van der Waals surface area contributed by atoms with Crippen molar-refractivity contribution >= 4 is 37.2 Å². The minimum Gasteiger partial charge on any atom is -0.404 e. The van der Waals surface area contributed by atoms with E-state index in [1.54, 1.807) is 48.5 Å². The Morgan fingerprint density at radius 2 is 1.17 bits per heavy atom. The predicted octanol–water partition coefficient (Wildman–Crippen LogP) is 4.60. The lowest BCUT2D eigenvalue weighted by atomic mass is 9.95. The van der Waals surface area contributed by atoms with Crippen molar-refractivity contribution in [3.63, 3.8) is 0 Å². The Morgan fingerprint density at radius 1 is 0.600 bits per heavy atom. The third-order valence-electron chi connectivity index (χ3n) is 4.44. The molecule has 0 fully saturated rings. The summed E-state index contributed by atoms with van der Waals surface area (Å²) in [6.07, 6.45) is 0. The summed E-state index contributed by atoms with van der Waals surface area (Å²) in [5, 5.41) is 2.52. The molecular weight excluding hydrogens is 430 g/mol. The molecule has 30 heavy (non-hydrogen) atoms. The molecule has 0 radical (unpaired) electrons. The molecule has 0 heterocycles. The predicted molar refractivity (Wildman–Crippen MR) is 112 cm³/mol. The molecule has 0 saturated heterocycles. The zero-order valence-electron chi connectivity index (χ0n) is 15.2. The third kappa shape index (κ3) is 4.40. The first-order valence-corrected chi connectivity index (χ1v) is 11.7. The van der Waals surface area contributed by atoms with Crippen LogP contribution in [0, 0.1) is 0 Å². The molecule has 0 bridgehead atoms. The van der Waals surface area contributed by atoms with Crippen LogP contribution in [0.2, 0.25) is 0 Å². The topological polar surface area (TPSA) is 134 Å². The first-order valence-electron chi connectivity index (χ1n) is 8.66. The Morgan fingerprint density at radius 3 is 1.83 bits per heavy atom. The third-order valence-corrected chi connectivity index (χ3v) is 5.31. The molecule has 0 aromatic heterocycles. The molecule has 4 aromatic carbocycles. The molecule has 4 N–H and O–H groups in total. The smallest absolute Gasteiger partial charge is 0.404 e. The SMILES string of the molecule is O=P(O)(O)Oc1ccc2ccccc2c1-c1cc(OP(=O)(O)O)c2ccccc2c1. The van der Waals surface area contributed by atoms with Crippen LogP contribution < -0.4 is 9.05 Å². The number of rotatable bonds is 5. The molecule has 10 heteroatoms. The maximum Gasteiger partial charge on any atom is 0.524 e. The van der Waals surface area contributed by atoms with Crippen molar-refractivity contribution in [2.75, 3.05) is 0 Å². The zero-order chi connectivity index (χ0) is 21.5. The van der Waals surface area contributed by atoms with Gasteiger partial charge in [0.1, 0.15) is 11.5 Å². The van der Waals surface area contributed by atoms with E-state index < -0.39 is 15.6 Å². The van der Waals surface area contributed by atoms with E-state index in [1.807, 2.05) is 12.1 Å². The molecule has 0 saturated carbocycles. The molecule has 0 atom stereocenters. The molecule has 0 spiro atoms. The van der Waals surface area contributed by atoms with Gasteiger partial charge in [-0.25, -0.2) is 9.13 Å². The van der Waals surface area contributed by atoms with Gasteiger partial charge in [-0.05, 0) is 39.9 Å². The van der Waals surface area contributed by atoms with Gasteiger partial charge >= 0.3 is 15.6 Å². The van der Waals surface area contributed by atoms with Crippen LogP contribution in [-0.2, 0) is 9.13 Å². The van der Waals surface area contributed by atoms with Crippen molar-refractivity contribution in [3.05, 3.63) is 72.8 Å². The number of phosphoric acid groups is 2. The second-order valence-corrected chi connectivity index (χ2v) is 8.85. The van der Waals surface area contributed by atoms with E-state index in [1.165, 1.54) is 12.1 Å². The summed E-state index contributed by atoms with van der Waals surface area (Å²) in [5.41, 5.74) is 0.773. The first kappa shape index (κ1) is 20.6. The van der Waals surface area contributed by atoms with Crippen LogP contribution in [0.5, 0.6) is 11.5 Å². The molecule has 154 valence electrons. The van der Waals surface area contributed by atoms with Gasteiger partial charge in [0.15, 0.2) is 0 Å². The van der Waals surface area contributed by atoms with Crippen molar-refractivity contribution in [3.8, 4) is 22.6 Å². The summed E-state index contributed by atoms with van der Waals surface area (Å²) in [6, 6.07) is 20.3. The van der Waals surface area contributed by atoms with E-state index in [-0.39, 0.29) is 11.5 Å². The van der Waals surface area contributed by atoms with Gasteiger partial charge in [0.25, 0.3) is 0 Å². The number of hydrogen-bond acceptors (Lipinski definition) is 4. The van der Waals surface area contributed by atoms with Crippen molar-refractivity contribution in [1.29, 1.82) is 0 Å². The lowest BCUT2D eigenvalue weighted by Gasteiger charge is -2.17. The molecule has 0 unspecified atom stereocenters. The summed E-state index contributed by atoms with van der Waals surface area (Å²) in [4.78, 5) is 37.4. The fourth-order valence-corrected chi connectivity index (χ4v) is 4.19. The van der Waals surface area contributed by atoms with Crippen molar-refractivity contribution in [1.82, 2.24) is 0 Å². The van der Waals surface area contributed by atoms with Crippen molar-refractivity contribution in [2.24, 2.45) is 0 Å².